The third-order valence-electron chi connectivity index (χ3n) is 3.87. The number of likely N-dealkylation sites (tertiary alicyclic amines) is 1. The van der Waals surface area contributed by atoms with Crippen LogP contribution >= 0.6 is 0 Å². The topological polar surface area (TPSA) is 72.9 Å². The first kappa shape index (κ1) is 17.0. The van der Waals surface area contributed by atoms with Gasteiger partial charge in [-0.15, -0.1) is 0 Å². The second-order valence-electron chi connectivity index (χ2n) is 5.49. The molecule has 1 aliphatic rings. The highest BCUT2D eigenvalue weighted by molar-refractivity contribution is 6.04. The number of Topliss-reactive ketones (excluding diaryl/α,β-unsaturated/α-hetero) is 1. The Morgan fingerprint density at radius 2 is 2.09 bits per heavy atom. The van der Waals surface area contributed by atoms with E-state index >= 15 is 0 Å². The van der Waals surface area contributed by atoms with E-state index in [0.717, 1.165) is 5.56 Å². The number of methoxy groups -OCH3 is 1. The van der Waals surface area contributed by atoms with Crippen LogP contribution in [0.4, 0.5) is 0 Å². The van der Waals surface area contributed by atoms with Crippen molar-refractivity contribution in [3.05, 3.63) is 29.3 Å². The van der Waals surface area contributed by atoms with Gasteiger partial charge < -0.3 is 14.4 Å². The van der Waals surface area contributed by atoms with Crippen molar-refractivity contribution in [1.82, 2.24) is 4.90 Å². The monoisotopic (exact) mass is 319 g/mol. The van der Waals surface area contributed by atoms with Gasteiger partial charge >= 0.3 is 5.97 Å². The molecule has 1 aliphatic heterocycles. The number of hydrogen-bond donors (Lipinski definition) is 0. The molecule has 6 nitrogen and oxygen atoms in total. The van der Waals surface area contributed by atoms with E-state index in [1.807, 2.05) is 13.0 Å². The lowest BCUT2D eigenvalue weighted by Crippen LogP contribution is -2.46. The molecule has 1 fully saturated rings. The molecule has 0 bridgehead atoms. The molecule has 1 aromatic carbocycles. The Hall–Kier alpha value is -2.37. The van der Waals surface area contributed by atoms with Crippen molar-refractivity contribution in [3.63, 3.8) is 0 Å². The molecule has 124 valence electrons. The highest BCUT2D eigenvalue weighted by atomic mass is 16.5. The Bertz CT molecular complexity index is 625. The van der Waals surface area contributed by atoms with Crippen LogP contribution in [0.2, 0.25) is 0 Å². The third kappa shape index (κ3) is 3.70. The summed E-state index contributed by atoms with van der Waals surface area (Å²) in [6.07, 6.45) is 0.289. The molecule has 1 aromatic rings. The number of nitrogens with zero attached hydrogens (tertiary/aromatic N) is 1. The number of carbonyl (C=O) groups is 3. The standard InChI is InChI=1S/C17H21NO5/c1-4-23-17(21)12-7-8-18(10-14(12)19)16(20)13-9-11(2)5-6-15(13)22-3/h5-6,9,12H,4,7-8,10H2,1-3H3. The van der Waals surface area contributed by atoms with Gasteiger partial charge in [0.05, 0.1) is 25.8 Å². The SMILES string of the molecule is CCOC(=O)C1CCN(C(=O)c2cc(C)ccc2OC)CC1=O. The van der Waals surface area contributed by atoms with Crippen LogP contribution in [-0.4, -0.2) is 49.4 Å². The van der Waals surface area contributed by atoms with Gasteiger partial charge in [0.1, 0.15) is 11.7 Å². The van der Waals surface area contributed by atoms with E-state index in [4.69, 9.17) is 9.47 Å². The zero-order valence-electron chi connectivity index (χ0n) is 13.6. The summed E-state index contributed by atoms with van der Waals surface area (Å²) in [5.41, 5.74) is 1.36. The fourth-order valence-corrected chi connectivity index (χ4v) is 2.65. The summed E-state index contributed by atoms with van der Waals surface area (Å²) in [5, 5.41) is 0. The summed E-state index contributed by atoms with van der Waals surface area (Å²) in [4.78, 5) is 38.0. The molecule has 1 saturated heterocycles. The van der Waals surface area contributed by atoms with Gasteiger partial charge in [0, 0.05) is 6.54 Å². The predicted molar refractivity (Wildman–Crippen MR) is 83.4 cm³/mol. The number of esters is 1. The maximum Gasteiger partial charge on any atom is 0.316 e. The van der Waals surface area contributed by atoms with Gasteiger partial charge in [-0.25, -0.2) is 0 Å². The first-order valence-electron chi connectivity index (χ1n) is 7.61. The minimum atomic E-state index is -0.765. The molecule has 0 N–H and O–H groups in total. The third-order valence-corrected chi connectivity index (χ3v) is 3.87. The molecule has 1 heterocycles. The number of benzene rings is 1. The summed E-state index contributed by atoms with van der Waals surface area (Å²) < 4.78 is 10.1. The number of ether oxygens (including phenoxy) is 2. The number of piperidine rings is 1. The van der Waals surface area contributed by atoms with Crippen molar-refractivity contribution in [2.45, 2.75) is 20.3 Å². The maximum absolute atomic E-state index is 12.7. The first-order chi connectivity index (χ1) is 11.0. The number of hydrogen-bond acceptors (Lipinski definition) is 5. The highest BCUT2D eigenvalue weighted by Gasteiger charge is 2.36. The molecule has 2 rings (SSSR count). The van der Waals surface area contributed by atoms with Crippen molar-refractivity contribution in [1.29, 1.82) is 0 Å². The Morgan fingerprint density at radius 1 is 1.35 bits per heavy atom. The van der Waals surface area contributed by atoms with Crippen molar-refractivity contribution in [2.75, 3.05) is 26.8 Å². The van der Waals surface area contributed by atoms with Crippen LogP contribution in [0.5, 0.6) is 5.75 Å². The lowest BCUT2D eigenvalue weighted by Gasteiger charge is -2.30. The number of amides is 1. The van der Waals surface area contributed by atoms with Gasteiger partial charge in [-0.1, -0.05) is 11.6 Å². The first-order valence-corrected chi connectivity index (χ1v) is 7.61. The average molecular weight is 319 g/mol. The normalized spacial score (nSPS) is 17.8. The highest BCUT2D eigenvalue weighted by Crippen LogP contribution is 2.24. The largest absolute Gasteiger partial charge is 0.496 e. The van der Waals surface area contributed by atoms with Crippen LogP contribution in [0.25, 0.3) is 0 Å². The van der Waals surface area contributed by atoms with E-state index in [-0.39, 0.29) is 31.3 Å². The predicted octanol–water partition coefficient (Wildman–Crippen LogP) is 1.60. The van der Waals surface area contributed by atoms with E-state index < -0.39 is 11.9 Å². The van der Waals surface area contributed by atoms with E-state index in [0.29, 0.717) is 17.9 Å². The van der Waals surface area contributed by atoms with E-state index in [2.05, 4.69) is 0 Å². The molecule has 1 amide bonds. The Labute approximate surface area is 135 Å². The van der Waals surface area contributed by atoms with E-state index in [1.54, 1.807) is 19.1 Å². The molecular weight excluding hydrogens is 298 g/mol. The van der Waals surface area contributed by atoms with Gasteiger partial charge in [-0.3, -0.25) is 14.4 Å². The van der Waals surface area contributed by atoms with Crippen molar-refractivity contribution in [2.24, 2.45) is 5.92 Å². The summed E-state index contributed by atoms with van der Waals surface area (Å²) in [5.74, 6) is -1.34. The molecule has 6 heteroatoms. The van der Waals surface area contributed by atoms with Gasteiger partial charge in [0.25, 0.3) is 5.91 Å². The Kier molecular flexibility index (Phi) is 5.36. The van der Waals surface area contributed by atoms with Gasteiger partial charge in [0.15, 0.2) is 5.78 Å². The molecule has 1 atom stereocenters. The second kappa shape index (κ2) is 7.26. The number of ketones is 1. The average Bonchev–Trinajstić information content (AvgIpc) is 2.54. The quantitative estimate of drug-likeness (QED) is 0.622. The van der Waals surface area contributed by atoms with Crippen LogP contribution < -0.4 is 4.74 Å². The van der Waals surface area contributed by atoms with Gasteiger partial charge in [0.2, 0.25) is 0 Å². The minimum absolute atomic E-state index is 0.0839. The lowest BCUT2D eigenvalue weighted by molar-refractivity contribution is -0.153. The number of rotatable bonds is 4. The van der Waals surface area contributed by atoms with E-state index in [1.165, 1.54) is 12.0 Å². The van der Waals surface area contributed by atoms with Crippen LogP contribution in [-0.2, 0) is 14.3 Å². The smallest absolute Gasteiger partial charge is 0.316 e. The van der Waals surface area contributed by atoms with Crippen LogP contribution in [0.3, 0.4) is 0 Å². The summed E-state index contributed by atoms with van der Waals surface area (Å²) in [7, 11) is 1.50. The number of carbonyl (C=O) groups excluding carboxylic acids is 3. The molecule has 0 spiro atoms. The molecule has 0 saturated carbocycles. The molecule has 0 aromatic heterocycles. The van der Waals surface area contributed by atoms with Crippen LogP contribution in [0.1, 0.15) is 29.3 Å². The Balaban J connectivity index is 2.13. The van der Waals surface area contributed by atoms with Crippen molar-refractivity contribution >= 4 is 17.7 Å². The minimum Gasteiger partial charge on any atom is -0.496 e. The second-order valence-corrected chi connectivity index (χ2v) is 5.49. The van der Waals surface area contributed by atoms with Crippen molar-refractivity contribution < 1.29 is 23.9 Å². The zero-order valence-corrected chi connectivity index (χ0v) is 13.6. The Morgan fingerprint density at radius 3 is 2.70 bits per heavy atom. The molecule has 0 aliphatic carbocycles. The fourth-order valence-electron chi connectivity index (χ4n) is 2.65. The fraction of sp³-hybridized carbons (Fsp3) is 0.471. The zero-order chi connectivity index (χ0) is 17.0. The number of aryl methyl sites for hydroxylation is 1. The van der Waals surface area contributed by atoms with E-state index in [9.17, 15) is 14.4 Å². The molecular formula is C17H21NO5. The summed E-state index contributed by atoms with van der Waals surface area (Å²) in [6, 6.07) is 5.33. The molecule has 1 unspecified atom stereocenters. The van der Waals surface area contributed by atoms with Crippen LogP contribution in [0, 0.1) is 12.8 Å². The summed E-state index contributed by atoms with van der Waals surface area (Å²) in [6.45, 7) is 4.08. The van der Waals surface area contributed by atoms with Crippen LogP contribution in [0.15, 0.2) is 18.2 Å². The molecule has 23 heavy (non-hydrogen) atoms. The van der Waals surface area contributed by atoms with Gasteiger partial charge in [-0.05, 0) is 32.4 Å². The van der Waals surface area contributed by atoms with Crippen molar-refractivity contribution in [3.8, 4) is 5.75 Å². The van der Waals surface area contributed by atoms with Gasteiger partial charge in [-0.2, -0.15) is 0 Å². The molecule has 0 radical (unpaired) electrons. The lowest BCUT2D eigenvalue weighted by atomic mass is 9.95. The maximum atomic E-state index is 12.7. The summed E-state index contributed by atoms with van der Waals surface area (Å²) >= 11 is 0.